The molecule has 0 heterocycles. The Kier molecular flexibility index (Phi) is 19.7. The van der Waals surface area contributed by atoms with E-state index in [1.165, 1.54) is 6.92 Å². The summed E-state index contributed by atoms with van der Waals surface area (Å²) in [6.07, 6.45) is -16.7. The summed E-state index contributed by atoms with van der Waals surface area (Å²) in [5, 5.41) is 9.81. The van der Waals surface area contributed by atoms with E-state index in [4.69, 9.17) is 0 Å². The topological polar surface area (TPSA) is 20.2 Å². The van der Waals surface area contributed by atoms with Crippen LogP contribution in [0.2, 0.25) is 23.2 Å². The number of hydrogen-bond acceptors (Lipinski definition) is 1. The van der Waals surface area contributed by atoms with Crippen molar-refractivity contribution in [1.82, 2.24) is 0 Å². The third kappa shape index (κ3) is 12.8. The highest BCUT2D eigenvalue weighted by Gasteiger charge is 2.92. The zero-order valence-electron chi connectivity index (χ0n) is 34.0. The number of benzene rings is 1. The van der Waals surface area contributed by atoms with Gasteiger partial charge in [0.05, 0.1) is 0 Å². The molecule has 65 heavy (non-hydrogen) atoms. The molecule has 1 aromatic carbocycles. The first kappa shape index (κ1) is 60.6. The van der Waals surface area contributed by atoms with Crippen molar-refractivity contribution in [3.05, 3.63) is 29.3 Å². The zero-order chi connectivity index (χ0) is 51.3. The van der Waals surface area contributed by atoms with Crippen LogP contribution in [0.15, 0.2) is 18.2 Å². The Hall–Kier alpha value is -2.37. The zero-order valence-corrected chi connectivity index (χ0v) is 36.8. The number of alkyl halides is 26. The average Bonchev–Trinajstić information content (AvgIpc) is 3.14. The second kappa shape index (κ2) is 21.1. The van der Waals surface area contributed by atoms with Gasteiger partial charge in [0, 0.05) is 31.9 Å². The lowest BCUT2D eigenvalue weighted by Gasteiger charge is -2.39. The van der Waals surface area contributed by atoms with E-state index in [0.29, 0.717) is 44.1 Å². The largest absolute Gasteiger partial charge is 0.508 e. The van der Waals surface area contributed by atoms with E-state index >= 15 is 0 Å². The molecule has 0 spiro atoms. The summed E-state index contributed by atoms with van der Waals surface area (Å²) in [7, 11) is -4.50. The Balaban J connectivity index is 3.07. The van der Waals surface area contributed by atoms with Gasteiger partial charge in [0.25, 0.3) is 0 Å². The summed E-state index contributed by atoms with van der Waals surface area (Å²) in [5.74, 6) is -75.5. The molecule has 0 aliphatic heterocycles. The predicted octanol–water partition coefficient (Wildman–Crippen LogP) is 14.8. The summed E-state index contributed by atoms with van der Waals surface area (Å²) in [6, 6.07) is 2.72. The van der Waals surface area contributed by atoms with Gasteiger partial charge in [0.15, 0.2) is 0 Å². The summed E-state index contributed by atoms with van der Waals surface area (Å²) in [6.45, 7) is 2.89. The number of hydrogen-bond donors (Lipinski definition) is 1. The Labute approximate surface area is 359 Å². The highest BCUT2D eigenvalue weighted by Crippen LogP contribution is 2.62. The van der Waals surface area contributed by atoms with Crippen molar-refractivity contribution in [3.63, 3.8) is 0 Å². The minimum Gasteiger partial charge on any atom is -0.508 e. The Morgan fingerprint density at radius 1 is 0.446 bits per heavy atom. The average molecular weight is 1040 g/mol. The number of unbranched alkanes of at least 4 members (excludes halogenated alkanes) is 5. The maximum absolute atomic E-state index is 14.5. The quantitative estimate of drug-likeness (QED) is 0.0504. The van der Waals surface area contributed by atoms with E-state index in [1.54, 1.807) is 25.1 Å². The second-order valence-electron chi connectivity index (χ2n) is 16.1. The van der Waals surface area contributed by atoms with E-state index in [2.05, 4.69) is 0 Å². The summed E-state index contributed by atoms with van der Waals surface area (Å²) >= 11 is 0. The third-order valence-corrected chi connectivity index (χ3v) is 15.5. The van der Waals surface area contributed by atoms with Crippen LogP contribution in [0.1, 0.15) is 88.7 Å². The van der Waals surface area contributed by atoms with E-state index in [-0.39, 0.29) is 31.4 Å². The lowest BCUT2D eigenvalue weighted by Crippen LogP contribution is -2.70. The maximum atomic E-state index is 14.5. The van der Waals surface area contributed by atoms with Crippen LogP contribution in [0, 0.1) is 6.92 Å². The minimum absolute atomic E-state index is 0.0350. The van der Waals surface area contributed by atoms with Crippen molar-refractivity contribution >= 4 is 19.0 Å². The Morgan fingerprint density at radius 3 is 1.22 bits per heavy atom. The molecule has 29 heteroatoms. The van der Waals surface area contributed by atoms with Crippen LogP contribution in [0.3, 0.4) is 0 Å². The number of aromatic hydroxyl groups is 1. The number of phenols is 1. The molecule has 0 saturated carbocycles. The molecule has 1 N–H and O–H groups in total. The molecule has 0 saturated heterocycles. The van der Waals surface area contributed by atoms with Crippen LogP contribution in [-0.2, 0) is 6.42 Å². The van der Waals surface area contributed by atoms with Gasteiger partial charge >= 0.3 is 71.6 Å². The van der Waals surface area contributed by atoms with Crippen LogP contribution >= 0.6 is 0 Å². The normalized spacial score (nSPS) is 16.4. The van der Waals surface area contributed by atoms with Crippen LogP contribution < -0.4 is 0 Å². The monoisotopic (exact) mass is 1040 g/mol. The van der Waals surface area contributed by atoms with Crippen molar-refractivity contribution in [2.75, 3.05) is 0 Å². The van der Waals surface area contributed by atoms with Gasteiger partial charge in [-0.25, -0.2) is 0 Å². The van der Waals surface area contributed by atoms with Gasteiger partial charge in [0.2, 0.25) is 0 Å². The SMILES string of the molecule is Cc1ccc(CCCCCCCCC(CCC(C)[SiH2]CCC(F)(F)C(F)(F)C(F)(F)C(F)(F)C(F)(F)C(F)(F)F)[SiH2]CCC(F)(F)C(F)(F)C(F)(F)C(F)(F)C(F)(F)C(F)(F)F)cc1O. The minimum atomic E-state index is -8.09. The summed E-state index contributed by atoms with van der Waals surface area (Å²) < 4.78 is 351. The van der Waals surface area contributed by atoms with Crippen LogP contribution in [0.4, 0.5) is 114 Å². The first-order valence-corrected chi connectivity index (χ1v) is 23.2. The molecular weight excluding hydrogens is 999 g/mol. The molecule has 0 aromatic heterocycles. The van der Waals surface area contributed by atoms with Gasteiger partial charge in [-0.2, -0.15) is 114 Å². The van der Waals surface area contributed by atoms with Gasteiger partial charge in [-0.3, -0.25) is 0 Å². The molecule has 0 amide bonds. The fraction of sp³-hybridized carbons (Fsp3) is 0.833. The summed E-state index contributed by atoms with van der Waals surface area (Å²) in [4.78, 5) is 0. The van der Waals surface area contributed by atoms with Gasteiger partial charge in [-0.05, 0) is 37.0 Å². The number of phenolic OH excluding ortho intramolecular Hbond substituents is 1. The first-order chi connectivity index (χ1) is 28.9. The lowest BCUT2D eigenvalue weighted by molar-refractivity contribution is -0.439. The third-order valence-electron chi connectivity index (χ3n) is 11.0. The lowest BCUT2D eigenvalue weighted by atomic mass is 9.93. The van der Waals surface area contributed by atoms with E-state index in [0.717, 1.165) is 5.56 Å². The van der Waals surface area contributed by atoms with Crippen molar-refractivity contribution in [2.45, 2.75) is 186 Å². The fourth-order valence-electron chi connectivity index (χ4n) is 6.58. The van der Waals surface area contributed by atoms with Gasteiger partial charge < -0.3 is 5.11 Å². The van der Waals surface area contributed by atoms with E-state index in [1.807, 2.05) is 0 Å². The number of halogens is 26. The van der Waals surface area contributed by atoms with Crippen LogP contribution in [0.5, 0.6) is 5.75 Å². The molecule has 0 aliphatic rings. The highest BCUT2D eigenvalue weighted by atomic mass is 28.2. The van der Waals surface area contributed by atoms with E-state index < -0.39 is 127 Å². The number of rotatable bonds is 28. The predicted molar refractivity (Wildman–Crippen MR) is 189 cm³/mol. The van der Waals surface area contributed by atoms with Crippen molar-refractivity contribution < 1.29 is 119 Å². The highest BCUT2D eigenvalue weighted by molar-refractivity contribution is 6.38. The molecule has 384 valence electrons. The number of aryl methyl sites for hydroxylation is 2. The smallest absolute Gasteiger partial charge is 0.460 e. The molecule has 0 fully saturated rings. The maximum Gasteiger partial charge on any atom is 0.460 e. The molecule has 1 rings (SSSR count). The van der Waals surface area contributed by atoms with Gasteiger partial charge in [0.1, 0.15) is 5.75 Å². The van der Waals surface area contributed by atoms with E-state index in [9.17, 15) is 119 Å². The molecule has 2 unspecified atom stereocenters. The fourth-order valence-corrected chi connectivity index (χ4v) is 10.8. The molecule has 1 aromatic rings. The van der Waals surface area contributed by atoms with Crippen molar-refractivity contribution in [2.24, 2.45) is 0 Å². The van der Waals surface area contributed by atoms with Crippen molar-refractivity contribution in [3.8, 4) is 5.75 Å². The molecule has 0 radical (unpaired) electrons. The standard InChI is InChI=1S/C36H44F26OSi2/c1-20-11-13-22(19-24(20)63)9-7-5-3-4-6-8-10-23(65-18-16-26(39,40)28(43,44)30(47,48)32(51,52)34(55,56)36(60,61)62)14-12-21(2)64-17-15-25(37,38)27(41,42)29(45,46)31(49,50)33(53,54)35(57,58)59/h11,13,19,21,23,63H,3-10,12,14-18,64-65H2,1-2H3. The first-order valence-electron chi connectivity index (χ1n) is 19.6. The second-order valence-corrected chi connectivity index (χ2v) is 21.2. The Morgan fingerprint density at radius 2 is 0.815 bits per heavy atom. The van der Waals surface area contributed by atoms with Gasteiger partial charge in [-0.1, -0.05) is 93.6 Å². The molecule has 0 aliphatic carbocycles. The summed E-state index contributed by atoms with van der Waals surface area (Å²) in [5.41, 5.74) is -0.176. The molecular formula is C36H44F26OSi2. The Bertz CT molecular complexity index is 1640. The molecule has 0 bridgehead atoms. The molecule has 1 nitrogen and oxygen atoms in total. The molecule has 2 atom stereocenters. The van der Waals surface area contributed by atoms with Crippen LogP contribution in [-0.4, -0.2) is 95.7 Å². The van der Waals surface area contributed by atoms with Crippen molar-refractivity contribution in [1.29, 1.82) is 0 Å². The van der Waals surface area contributed by atoms with Crippen LogP contribution in [0.25, 0.3) is 0 Å². The van der Waals surface area contributed by atoms with Gasteiger partial charge in [-0.15, -0.1) is 0 Å².